The molecule has 0 spiro atoms. The number of rotatable bonds is 2. The van der Waals surface area contributed by atoms with Gasteiger partial charge in [0.1, 0.15) is 0 Å². The largest absolute Gasteiger partial charge is 0.389 e. The third kappa shape index (κ3) is 2.39. The molecule has 2 nitrogen and oxygen atoms in total. The van der Waals surface area contributed by atoms with Crippen molar-refractivity contribution < 1.29 is 5.11 Å². The van der Waals surface area contributed by atoms with E-state index in [9.17, 15) is 5.11 Å². The first kappa shape index (κ1) is 10.7. The van der Waals surface area contributed by atoms with Gasteiger partial charge in [0.15, 0.2) is 0 Å². The van der Waals surface area contributed by atoms with Gasteiger partial charge in [0.05, 0.1) is 6.10 Å². The molecular formula is C13H19NO. The maximum Gasteiger partial charge on any atom is 0.0764 e. The molecule has 2 N–H and O–H groups in total. The molecule has 15 heavy (non-hydrogen) atoms. The Balaban J connectivity index is 2.25. The Kier molecular flexibility index (Phi) is 3.39. The fraction of sp³-hybridized carbons (Fsp3) is 0.538. The smallest absolute Gasteiger partial charge is 0.0764 e. The highest BCUT2D eigenvalue weighted by Gasteiger charge is 2.19. The third-order valence-corrected chi connectivity index (χ3v) is 3.23. The van der Waals surface area contributed by atoms with Gasteiger partial charge in [-0.3, -0.25) is 0 Å². The lowest BCUT2D eigenvalue weighted by Crippen LogP contribution is -2.27. The van der Waals surface area contributed by atoms with Crippen LogP contribution in [0.3, 0.4) is 0 Å². The van der Waals surface area contributed by atoms with Crippen LogP contribution in [-0.4, -0.2) is 18.2 Å². The van der Waals surface area contributed by atoms with Gasteiger partial charge in [0, 0.05) is 0 Å². The van der Waals surface area contributed by atoms with Gasteiger partial charge in [-0.2, -0.15) is 0 Å². The molecule has 0 bridgehead atoms. The van der Waals surface area contributed by atoms with Gasteiger partial charge in [0.2, 0.25) is 0 Å². The Hall–Kier alpha value is -0.860. The van der Waals surface area contributed by atoms with Crippen LogP contribution in [0.1, 0.15) is 42.9 Å². The fourth-order valence-corrected chi connectivity index (χ4v) is 2.40. The summed E-state index contributed by atoms with van der Waals surface area (Å²) in [5, 5.41) is 13.1. The number of benzene rings is 1. The van der Waals surface area contributed by atoms with Crippen molar-refractivity contribution in [1.29, 1.82) is 0 Å². The van der Waals surface area contributed by atoms with E-state index in [1.807, 2.05) is 19.1 Å². The van der Waals surface area contributed by atoms with Gasteiger partial charge < -0.3 is 10.4 Å². The van der Waals surface area contributed by atoms with Gasteiger partial charge >= 0.3 is 0 Å². The maximum atomic E-state index is 9.72. The zero-order valence-electron chi connectivity index (χ0n) is 9.24. The molecule has 1 aromatic carbocycles. The third-order valence-electron chi connectivity index (χ3n) is 3.23. The standard InChI is InChI=1S/C13H19NO/c1-10(15)12-4-2-3-5-13(12)11-6-8-14-9-7-11/h2-5,10-11,14-15H,6-9H2,1H3/t10-/m0/s1. The summed E-state index contributed by atoms with van der Waals surface area (Å²) in [6, 6.07) is 8.29. The van der Waals surface area contributed by atoms with Crippen LogP contribution in [0.4, 0.5) is 0 Å². The Labute approximate surface area is 91.3 Å². The molecule has 1 aliphatic rings. The highest BCUT2D eigenvalue weighted by atomic mass is 16.3. The zero-order chi connectivity index (χ0) is 10.7. The van der Waals surface area contributed by atoms with Gasteiger partial charge in [-0.25, -0.2) is 0 Å². The highest BCUT2D eigenvalue weighted by molar-refractivity contribution is 5.32. The Bertz CT molecular complexity index is 316. The van der Waals surface area contributed by atoms with E-state index in [1.54, 1.807) is 0 Å². The summed E-state index contributed by atoms with van der Waals surface area (Å²) in [6.07, 6.45) is 2.02. The van der Waals surface area contributed by atoms with E-state index < -0.39 is 0 Å². The quantitative estimate of drug-likeness (QED) is 0.776. The van der Waals surface area contributed by atoms with E-state index in [2.05, 4.69) is 17.4 Å². The number of hydrogen-bond donors (Lipinski definition) is 2. The van der Waals surface area contributed by atoms with E-state index >= 15 is 0 Å². The minimum absolute atomic E-state index is 0.351. The summed E-state index contributed by atoms with van der Waals surface area (Å²) in [7, 11) is 0. The first-order valence-corrected chi connectivity index (χ1v) is 5.76. The van der Waals surface area contributed by atoms with Gasteiger partial charge in [0.25, 0.3) is 0 Å². The Morgan fingerprint density at radius 1 is 1.27 bits per heavy atom. The summed E-state index contributed by atoms with van der Waals surface area (Å²) in [6.45, 7) is 4.04. The van der Waals surface area contributed by atoms with Crippen molar-refractivity contribution in [3.63, 3.8) is 0 Å². The van der Waals surface area contributed by atoms with Gasteiger partial charge in [-0.1, -0.05) is 24.3 Å². The second-order valence-electron chi connectivity index (χ2n) is 4.33. The SMILES string of the molecule is C[C@H](O)c1ccccc1C1CCNCC1. The molecule has 0 radical (unpaired) electrons. The predicted molar refractivity (Wildman–Crippen MR) is 61.9 cm³/mol. The van der Waals surface area contributed by atoms with Crippen molar-refractivity contribution in [1.82, 2.24) is 5.32 Å². The van der Waals surface area contributed by atoms with Crippen LogP contribution in [0.2, 0.25) is 0 Å². The average molecular weight is 205 g/mol. The van der Waals surface area contributed by atoms with E-state index in [-0.39, 0.29) is 6.10 Å². The number of piperidine rings is 1. The summed E-state index contributed by atoms with van der Waals surface area (Å²) in [5.41, 5.74) is 2.44. The van der Waals surface area contributed by atoms with E-state index in [0.29, 0.717) is 5.92 Å². The van der Waals surface area contributed by atoms with Crippen LogP contribution in [0.15, 0.2) is 24.3 Å². The van der Waals surface area contributed by atoms with Crippen molar-refractivity contribution >= 4 is 0 Å². The first-order chi connectivity index (χ1) is 7.29. The number of aliphatic hydroxyl groups excluding tert-OH is 1. The van der Waals surface area contributed by atoms with Crippen molar-refractivity contribution in [2.45, 2.75) is 31.8 Å². The predicted octanol–water partition coefficient (Wildman–Crippen LogP) is 2.21. The Morgan fingerprint density at radius 3 is 2.60 bits per heavy atom. The molecule has 1 heterocycles. The fourth-order valence-electron chi connectivity index (χ4n) is 2.40. The van der Waals surface area contributed by atoms with Crippen LogP contribution < -0.4 is 5.32 Å². The van der Waals surface area contributed by atoms with E-state index in [1.165, 1.54) is 18.4 Å². The number of aliphatic hydroxyl groups is 1. The maximum absolute atomic E-state index is 9.72. The summed E-state index contributed by atoms with van der Waals surface area (Å²) in [4.78, 5) is 0. The average Bonchev–Trinajstić information content (AvgIpc) is 2.30. The highest BCUT2D eigenvalue weighted by Crippen LogP contribution is 2.30. The van der Waals surface area contributed by atoms with Crippen molar-refractivity contribution in [2.75, 3.05) is 13.1 Å². The summed E-state index contributed by atoms with van der Waals surface area (Å²) >= 11 is 0. The normalized spacial score (nSPS) is 20.1. The lowest BCUT2D eigenvalue weighted by Gasteiger charge is -2.25. The lowest BCUT2D eigenvalue weighted by molar-refractivity contribution is 0.197. The van der Waals surface area contributed by atoms with Crippen LogP contribution in [0, 0.1) is 0 Å². The zero-order valence-corrected chi connectivity index (χ0v) is 9.24. The van der Waals surface area contributed by atoms with E-state index in [0.717, 1.165) is 18.7 Å². The molecule has 2 rings (SSSR count). The van der Waals surface area contributed by atoms with Crippen molar-refractivity contribution in [3.05, 3.63) is 35.4 Å². The van der Waals surface area contributed by atoms with Crippen LogP contribution in [-0.2, 0) is 0 Å². The van der Waals surface area contributed by atoms with Gasteiger partial charge in [-0.15, -0.1) is 0 Å². The van der Waals surface area contributed by atoms with Crippen LogP contribution in [0.5, 0.6) is 0 Å². The molecule has 1 fully saturated rings. The molecule has 1 aliphatic heterocycles. The molecule has 0 unspecified atom stereocenters. The Morgan fingerprint density at radius 2 is 1.93 bits per heavy atom. The summed E-state index contributed by atoms with van der Waals surface area (Å²) < 4.78 is 0. The molecule has 0 aromatic heterocycles. The molecular weight excluding hydrogens is 186 g/mol. The molecule has 1 saturated heterocycles. The molecule has 0 saturated carbocycles. The molecule has 0 amide bonds. The van der Waals surface area contributed by atoms with Crippen molar-refractivity contribution in [2.24, 2.45) is 0 Å². The number of hydrogen-bond acceptors (Lipinski definition) is 2. The topological polar surface area (TPSA) is 32.3 Å². The van der Waals surface area contributed by atoms with Crippen LogP contribution >= 0.6 is 0 Å². The molecule has 82 valence electrons. The lowest BCUT2D eigenvalue weighted by atomic mass is 9.86. The second-order valence-corrected chi connectivity index (χ2v) is 4.33. The van der Waals surface area contributed by atoms with Crippen LogP contribution in [0.25, 0.3) is 0 Å². The molecule has 1 atom stereocenters. The van der Waals surface area contributed by atoms with Gasteiger partial charge in [-0.05, 0) is 49.9 Å². The first-order valence-electron chi connectivity index (χ1n) is 5.76. The second kappa shape index (κ2) is 4.77. The minimum atomic E-state index is -0.351. The minimum Gasteiger partial charge on any atom is -0.389 e. The van der Waals surface area contributed by atoms with E-state index in [4.69, 9.17) is 0 Å². The monoisotopic (exact) mass is 205 g/mol. The molecule has 1 aromatic rings. The molecule has 2 heteroatoms. The van der Waals surface area contributed by atoms with Crippen molar-refractivity contribution in [3.8, 4) is 0 Å². The summed E-state index contributed by atoms with van der Waals surface area (Å²) in [5.74, 6) is 0.622. The molecule has 0 aliphatic carbocycles. The number of nitrogens with one attached hydrogen (secondary N) is 1.